The highest BCUT2D eigenvalue weighted by Crippen LogP contribution is 2.22. The molecule has 5 nitrogen and oxygen atoms in total. The average molecular weight is 225 g/mol. The fraction of sp³-hybridized carbons (Fsp3) is 0.636. The standard InChI is InChI=1S/C11H19N3O2/c1-3-6-14-10(4-5-13-14)9(8(2)12)7-11(15)16/h4-5,8-9H,3,6-7,12H2,1-2H3,(H,15,16). The maximum atomic E-state index is 10.8. The molecule has 16 heavy (non-hydrogen) atoms. The smallest absolute Gasteiger partial charge is 0.304 e. The van der Waals surface area contributed by atoms with Crippen molar-refractivity contribution >= 4 is 5.97 Å². The normalized spacial score (nSPS) is 14.7. The van der Waals surface area contributed by atoms with Crippen LogP contribution in [0.3, 0.4) is 0 Å². The number of rotatable bonds is 6. The van der Waals surface area contributed by atoms with Crippen molar-refractivity contribution in [2.75, 3.05) is 0 Å². The van der Waals surface area contributed by atoms with Crippen LogP contribution < -0.4 is 5.73 Å². The summed E-state index contributed by atoms with van der Waals surface area (Å²) in [5.74, 6) is -1.00. The van der Waals surface area contributed by atoms with Crippen LogP contribution in [-0.2, 0) is 11.3 Å². The van der Waals surface area contributed by atoms with Gasteiger partial charge in [0.2, 0.25) is 0 Å². The fourth-order valence-electron chi connectivity index (χ4n) is 1.80. The highest BCUT2D eigenvalue weighted by atomic mass is 16.4. The van der Waals surface area contributed by atoms with Crippen LogP contribution in [0.4, 0.5) is 0 Å². The Morgan fingerprint density at radius 2 is 2.38 bits per heavy atom. The molecule has 2 atom stereocenters. The van der Waals surface area contributed by atoms with Gasteiger partial charge in [-0.1, -0.05) is 6.92 Å². The van der Waals surface area contributed by atoms with Gasteiger partial charge in [0.15, 0.2) is 0 Å². The minimum atomic E-state index is -0.827. The van der Waals surface area contributed by atoms with Crippen LogP contribution in [0.15, 0.2) is 12.3 Å². The zero-order chi connectivity index (χ0) is 12.1. The maximum absolute atomic E-state index is 10.8. The average Bonchev–Trinajstić information content (AvgIpc) is 2.62. The van der Waals surface area contributed by atoms with Crippen molar-refractivity contribution in [3.05, 3.63) is 18.0 Å². The molecule has 0 aliphatic heterocycles. The van der Waals surface area contributed by atoms with E-state index in [-0.39, 0.29) is 18.4 Å². The molecule has 3 N–H and O–H groups in total. The Balaban J connectivity index is 2.91. The number of carbonyl (C=O) groups is 1. The van der Waals surface area contributed by atoms with Gasteiger partial charge >= 0.3 is 5.97 Å². The molecule has 1 aromatic heterocycles. The minimum Gasteiger partial charge on any atom is -0.481 e. The molecule has 0 fully saturated rings. The second kappa shape index (κ2) is 5.65. The van der Waals surface area contributed by atoms with Crippen molar-refractivity contribution < 1.29 is 9.90 Å². The monoisotopic (exact) mass is 225 g/mol. The Morgan fingerprint density at radius 1 is 1.69 bits per heavy atom. The molecule has 1 heterocycles. The minimum absolute atomic E-state index is 0.0487. The summed E-state index contributed by atoms with van der Waals surface area (Å²) in [6.45, 7) is 4.69. The van der Waals surface area contributed by atoms with Crippen LogP contribution in [0, 0.1) is 0 Å². The van der Waals surface area contributed by atoms with Gasteiger partial charge in [0.25, 0.3) is 0 Å². The van der Waals surface area contributed by atoms with Gasteiger partial charge in [-0.05, 0) is 19.4 Å². The van der Waals surface area contributed by atoms with E-state index in [1.165, 1.54) is 0 Å². The molecule has 5 heteroatoms. The van der Waals surface area contributed by atoms with Crippen molar-refractivity contribution in [3.8, 4) is 0 Å². The Bertz CT molecular complexity index is 347. The van der Waals surface area contributed by atoms with E-state index in [2.05, 4.69) is 12.0 Å². The molecule has 0 aliphatic rings. The van der Waals surface area contributed by atoms with E-state index >= 15 is 0 Å². The summed E-state index contributed by atoms with van der Waals surface area (Å²) in [6, 6.07) is 1.66. The number of carboxylic acid groups (broad SMARTS) is 1. The first-order valence-corrected chi connectivity index (χ1v) is 5.55. The zero-order valence-electron chi connectivity index (χ0n) is 9.76. The molecule has 2 unspecified atom stereocenters. The van der Waals surface area contributed by atoms with Crippen molar-refractivity contribution in [1.82, 2.24) is 9.78 Å². The molecular weight excluding hydrogens is 206 g/mol. The molecule has 90 valence electrons. The van der Waals surface area contributed by atoms with Crippen molar-refractivity contribution in [2.24, 2.45) is 5.73 Å². The van der Waals surface area contributed by atoms with Crippen molar-refractivity contribution in [3.63, 3.8) is 0 Å². The third-order valence-electron chi connectivity index (χ3n) is 2.59. The number of carboxylic acids is 1. The Hall–Kier alpha value is -1.36. The number of aromatic nitrogens is 2. The van der Waals surface area contributed by atoms with Crippen molar-refractivity contribution in [1.29, 1.82) is 0 Å². The third kappa shape index (κ3) is 3.06. The van der Waals surface area contributed by atoms with E-state index in [9.17, 15) is 4.79 Å². The zero-order valence-corrected chi connectivity index (χ0v) is 9.76. The molecule has 0 aliphatic carbocycles. The Kier molecular flexibility index (Phi) is 4.49. The summed E-state index contributed by atoms with van der Waals surface area (Å²) >= 11 is 0. The first-order chi connectivity index (χ1) is 7.56. The quantitative estimate of drug-likeness (QED) is 0.762. The summed E-state index contributed by atoms with van der Waals surface area (Å²) < 4.78 is 1.84. The predicted molar refractivity (Wildman–Crippen MR) is 61.2 cm³/mol. The summed E-state index contributed by atoms with van der Waals surface area (Å²) in [4.78, 5) is 10.8. The van der Waals surface area contributed by atoms with Gasteiger partial charge in [-0.25, -0.2) is 0 Å². The van der Waals surface area contributed by atoms with Gasteiger partial charge in [0.05, 0.1) is 6.42 Å². The van der Waals surface area contributed by atoms with Crippen LogP contribution in [0.1, 0.15) is 38.3 Å². The van der Waals surface area contributed by atoms with Crippen LogP contribution in [0.25, 0.3) is 0 Å². The highest BCUT2D eigenvalue weighted by molar-refractivity contribution is 5.68. The lowest BCUT2D eigenvalue weighted by Crippen LogP contribution is -2.28. The summed E-state index contributed by atoms with van der Waals surface area (Å²) in [5, 5.41) is 13.1. The van der Waals surface area contributed by atoms with Gasteiger partial charge in [0, 0.05) is 30.4 Å². The molecule has 0 saturated heterocycles. The Labute approximate surface area is 95.3 Å². The lowest BCUT2D eigenvalue weighted by Gasteiger charge is -2.20. The Morgan fingerprint density at radius 3 is 2.88 bits per heavy atom. The molecule has 0 aromatic carbocycles. The maximum Gasteiger partial charge on any atom is 0.304 e. The molecule has 0 spiro atoms. The first kappa shape index (κ1) is 12.7. The van der Waals surface area contributed by atoms with E-state index in [0.29, 0.717) is 0 Å². The summed E-state index contributed by atoms with van der Waals surface area (Å²) in [7, 11) is 0. The SMILES string of the molecule is CCCn1nccc1C(CC(=O)O)C(C)N. The molecule has 1 rings (SSSR count). The molecule has 0 radical (unpaired) electrons. The largest absolute Gasteiger partial charge is 0.481 e. The summed E-state index contributed by atoms with van der Waals surface area (Å²) in [5.41, 5.74) is 6.75. The lowest BCUT2D eigenvalue weighted by molar-refractivity contribution is -0.137. The van der Waals surface area contributed by atoms with Gasteiger partial charge < -0.3 is 10.8 Å². The van der Waals surface area contributed by atoms with Crippen molar-refractivity contribution in [2.45, 2.75) is 45.2 Å². The predicted octanol–water partition coefficient (Wildman–Crippen LogP) is 1.20. The molecule has 0 saturated carbocycles. The number of aliphatic carboxylic acids is 1. The van der Waals surface area contributed by atoms with Gasteiger partial charge in [-0.15, -0.1) is 0 Å². The number of nitrogens with zero attached hydrogens (tertiary/aromatic N) is 2. The number of nitrogens with two attached hydrogens (primary N) is 1. The van der Waals surface area contributed by atoms with E-state index in [1.54, 1.807) is 6.20 Å². The third-order valence-corrected chi connectivity index (χ3v) is 2.59. The fourth-order valence-corrected chi connectivity index (χ4v) is 1.80. The molecule has 0 bridgehead atoms. The number of hydrogen-bond donors (Lipinski definition) is 2. The number of hydrogen-bond acceptors (Lipinski definition) is 3. The van der Waals surface area contributed by atoms with Crippen LogP contribution >= 0.6 is 0 Å². The second-order valence-electron chi connectivity index (χ2n) is 4.04. The van der Waals surface area contributed by atoms with Gasteiger partial charge in [0.1, 0.15) is 0 Å². The van der Waals surface area contributed by atoms with Crippen LogP contribution in [0.5, 0.6) is 0 Å². The van der Waals surface area contributed by atoms with E-state index < -0.39 is 5.97 Å². The molecule has 0 amide bonds. The highest BCUT2D eigenvalue weighted by Gasteiger charge is 2.22. The number of aryl methyl sites for hydroxylation is 1. The van der Waals surface area contributed by atoms with E-state index in [1.807, 2.05) is 17.7 Å². The van der Waals surface area contributed by atoms with Gasteiger partial charge in [-0.3, -0.25) is 9.48 Å². The van der Waals surface area contributed by atoms with Crippen LogP contribution in [0.2, 0.25) is 0 Å². The van der Waals surface area contributed by atoms with Crippen LogP contribution in [-0.4, -0.2) is 26.9 Å². The van der Waals surface area contributed by atoms with Gasteiger partial charge in [-0.2, -0.15) is 5.10 Å². The second-order valence-corrected chi connectivity index (χ2v) is 4.04. The summed E-state index contributed by atoms with van der Waals surface area (Å²) in [6.07, 6.45) is 2.71. The lowest BCUT2D eigenvalue weighted by atomic mass is 9.94. The molecule has 1 aromatic rings. The van der Waals surface area contributed by atoms with E-state index in [4.69, 9.17) is 10.8 Å². The topological polar surface area (TPSA) is 81.1 Å². The molecular formula is C11H19N3O2. The van der Waals surface area contributed by atoms with E-state index in [0.717, 1.165) is 18.7 Å². The first-order valence-electron chi connectivity index (χ1n) is 5.55.